The summed E-state index contributed by atoms with van der Waals surface area (Å²) in [5.74, 6) is -0.906. The molecule has 0 aliphatic heterocycles. The Morgan fingerprint density at radius 1 is 1.56 bits per heavy atom. The van der Waals surface area contributed by atoms with Crippen LogP contribution in [0.25, 0.3) is 0 Å². The predicted octanol–water partition coefficient (Wildman–Crippen LogP) is 1.31. The Labute approximate surface area is 102 Å². The second-order valence-electron chi connectivity index (χ2n) is 3.16. The molecule has 1 aromatic heterocycles. The van der Waals surface area contributed by atoms with E-state index in [9.17, 15) is 28.1 Å². The highest BCUT2D eigenvalue weighted by molar-refractivity contribution is 7.17. The number of carbonyl (C=O) groups is 1. The van der Waals surface area contributed by atoms with Gasteiger partial charge in [0.25, 0.3) is 5.91 Å². The van der Waals surface area contributed by atoms with Crippen molar-refractivity contribution in [1.29, 1.82) is 0 Å². The summed E-state index contributed by atoms with van der Waals surface area (Å²) in [5.41, 5.74) is 0. The van der Waals surface area contributed by atoms with Gasteiger partial charge in [-0.1, -0.05) is 11.3 Å². The number of hydrogen-bond donors (Lipinski definition) is 2. The first-order valence-electron chi connectivity index (χ1n) is 4.49. The van der Waals surface area contributed by atoms with Crippen molar-refractivity contribution < 1.29 is 28.0 Å². The summed E-state index contributed by atoms with van der Waals surface area (Å²) in [6, 6.07) is 2.19. The summed E-state index contributed by atoms with van der Waals surface area (Å²) in [6.45, 7) is -1.01. The lowest BCUT2D eigenvalue weighted by molar-refractivity contribution is -0.380. The molecule has 0 fully saturated rings. The summed E-state index contributed by atoms with van der Waals surface area (Å²) >= 11 is 0.534. The van der Waals surface area contributed by atoms with Crippen LogP contribution >= 0.6 is 11.3 Å². The molecule has 1 heterocycles. The first kappa shape index (κ1) is 14.4. The number of amides is 1. The van der Waals surface area contributed by atoms with Gasteiger partial charge in [-0.15, -0.1) is 0 Å². The van der Waals surface area contributed by atoms with E-state index in [1.165, 1.54) is 0 Å². The number of nitro groups is 1. The Balaban J connectivity index is 2.58. The number of hydrogen-bond acceptors (Lipinski definition) is 5. The van der Waals surface area contributed by atoms with Crippen LogP contribution < -0.4 is 5.32 Å². The van der Waals surface area contributed by atoms with Crippen LogP contribution in [0.4, 0.5) is 18.2 Å². The van der Waals surface area contributed by atoms with Crippen LogP contribution in [-0.4, -0.2) is 34.8 Å². The van der Waals surface area contributed by atoms with E-state index in [-0.39, 0.29) is 9.88 Å². The number of aliphatic hydroxyl groups is 1. The normalized spacial score (nSPS) is 13.1. The summed E-state index contributed by atoms with van der Waals surface area (Å²) in [6.07, 6.45) is -7.49. The number of nitrogens with zero attached hydrogens (tertiary/aromatic N) is 1. The Kier molecular flexibility index (Phi) is 4.24. The second kappa shape index (κ2) is 5.31. The van der Waals surface area contributed by atoms with Crippen molar-refractivity contribution in [3.8, 4) is 0 Å². The molecule has 0 saturated heterocycles. The SMILES string of the molecule is O=C(NCC(O)C(F)(F)F)c1ccc([N+](=O)[O-])s1. The zero-order valence-electron chi connectivity index (χ0n) is 8.60. The van der Waals surface area contributed by atoms with Gasteiger partial charge in [-0.2, -0.15) is 13.2 Å². The Morgan fingerprint density at radius 3 is 2.61 bits per heavy atom. The number of halogens is 3. The molecular weight excluding hydrogens is 277 g/mol. The smallest absolute Gasteiger partial charge is 0.382 e. The molecule has 10 heteroatoms. The maximum atomic E-state index is 11.9. The molecule has 1 unspecified atom stereocenters. The lowest BCUT2D eigenvalue weighted by Gasteiger charge is -2.14. The molecule has 1 aromatic rings. The molecule has 6 nitrogen and oxygen atoms in total. The van der Waals surface area contributed by atoms with Gasteiger partial charge in [-0.05, 0) is 6.07 Å². The first-order valence-corrected chi connectivity index (χ1v) is 5.30. The number of thiophene rings is 1. The molecule has 0 aromatic carbocycles. The monoisotopic (exact) mass is 284 g/mol. The summed E-state index contributed by atoms with van der Waals surface area (Å²) in [5, 5.41) is 20.5. The average molecular weight is 284 g/mol. The third-order valence-corrected chi connectivity index (χ3v) is 2.87. The minimum absolute atomic E-state index is 0.101. The van der Waals surface area contributed by atoms with E-state index >= 15 is 0 Å². The maximum absolute atomic E-state index is 11.9. The maximum Gasteiger partial charge on any atom is 0.416 e. The van der Waals surface area contributed by atoms with Crippen LogP contribution in [0.3, 0.4) is 0 Å². The van der Waals surface area contributed by atoms with Gasteiger partial charge >= 0.3 is 11.2 Å². The fourth-order valence-corrected chi connectivity index (χ4v) is 1.68. The van der Waals surface area contributed by atoms with Crippen LogP contribution in [0, 0.1) is 10.1 Å². The molecule has 1 rings (SSSR count). The van der Waals surface area contributed by atoms with E-state index in [0.29, 0.717) is 11.3 Å². The van der Waals surface area contributed by atoms with E-state index in [4.69, 9.17) is 5.11 Å². The third kappa shape index (κ3) is 3.67. The Morgan fingerprint density at radius 2 is 2.17 bits per heavy atom. The topological polar surface area (TPSA) is 92.5 Å². The molecule has 0 aliphatic rings. The number of rotatable bonds is 4. The molecule has 0 bridgehead atoms. The Hall–Kier alpha value is -1.68. The van der Waals surface area contributed by atoms with E-state index in [1.54, 1.807) is 0 Å². The minimum atomic E-state index is -4.82. The van der Waals surface area contributed by atoms with E-state index in [1.807, 2.05) is 5.32 Å². The highest BCUT2D eigenvalue weighted by Crippen LogP contribution is 2.24. The zero-order valence-corrected chi connectivity index (χ0v) is 9.42. The molecule has 1 atom stereocenters. The molecule has 0 radical (unpaired) electrons. The zero-order chi connectivity index (χ0) is 13.9. The van der Waals surface area contributed by atoms with Gasteiger partial charge in [0, 0.05) is 6.07 Å². The molecule has 18 heavy (non-hydrogen) atoms. The van der Waals surface area contributed by atoms with Gasteiger partial charge in [0.05, 0.1) is 16.3 Å². The minimum Gasteiger partial charge on any atom is -0.382 e. The van der Waals surface area contributed by atoms with Crippen LogP contribution in [-0.2, 0) is 0 Å². The van der Waals surface area contributed by atoms with Gasteiger partial charge in [0.15, 0.2) is 6.10 Å². The van der Waals surface area contributed by atoms with Crippen molar-refractivity contribution in [3.05, 3.63) is 27.1 Å². The largest absolute Gasteiger partial charge is 0.416 e. The molecule has 0 spiro atoms. The van der Waals surface area contributed by atoms with Gasteiger partial charge in [-0.25, -0.2) is 0 Å². The third-order valence-electron chi connectivity index (χ3n) is 1.83. The summed E-state index contributed by atoms with van der Waals surface area (Å²) in [4.78, 5) is 20.8. The van der Waals surface area contributed by atoms with Crippen molar-refractivity contribution in [2.75, 3.05) is 6.54 Å². The molecule has 2 N–H and O–H groups in total. The van der Waals surface area contributed by atoms with Crippen LogP contribution in [0.15, 0.2) is 12.1 Å². The summed E-state index contributed by atoms with van der Waals surface area (Å²) in [7, 11) is 0. The number of carbonyl (C=O) groups excluding carboxylic acids is 1. The molecule has 100 valence electrons. The van der Waals surface area contributed by atoms with Crippen molar-refractivity contribution in [3.63, 3.8) is 0 Å². The molecular formula is C8H7F3N2O4S. The van der Waals surface area contributed by atoms with Crippen LogP contribution in [0.5, 0.6) is 0 Å². The van der Waals surface area contributed by atoms with Crippen LogP contribution in [0.2, 0.25) is 0 Å². The summed E-state index contributed by atoms with van der Waals surface area (Å²) < 4.78 is 35.8. The quantitative estimate of drug-likeness (QED) is 0.644. The van der Waals surface area contributed by atoms with Crippen LogP contribution in [0.1, 0.15) is 9.67 Å². The lowest BCUT2D eigenvalue weighted by Crippen LogP contribution is -2.40. The van der Waals surface area contributed by atoms with Crippen molar-refractivity contribution in [2.24, 2.45) is 0 Å². The van der Waals surface area contributed by atoms with Gasteiger partial charge in [0.2, 0.25) is 0 Å². The number of aliphatic hydroxyl groups excluding tert-OH is 1. The Bertz CT molecular complexity index is 459. The number of nitrogens with one attached hydrogen (secondary N) is 1. The molecule has 0 aliphatic carbocycles. The first-order chi connectivity index (χ1) is 8.21. The fraction of sp³-hybridized carbons (Fsp3) is 0.375. The lowest BCUT2D eigenvalue weighted by atomic mass is 10.3. The van der Waals surface area contributed by atoms with E-state index < -0.39 is 29.7 Å². The van der Waals surface area contributed by atoms with E-state index in [0.717, 1.165) is 12.1 Å². The molecule has 1 amide bonds. The number of alkyl halides is 3. The fourth-order valence-electron chi connectivity index (χ4n) is 0.940. The van der Waals surface area contributed by atoms with E-state index in [2.05, 4.69) is 0 Å². The van der Waals surface area contributed by atoms with Crippen molar-refractivity contribution in [1.82, 2.24) is 5.32 Å². The highest BCUT2D eigenvalue weighted by Gasteiger charge is 2.38. The highest BCUT2D eigenvalue weighted by atomic mass is 32.1. The van der Waals surface area contributed by atoms with Crippen molar-refractivity contribution in [2.45, 2.75) is 12.3 Å². The second-order valence-corrected chi connectivity index (χ2v) is 4.22. The average Bonchev–Trinajstić information content (AvgIpc) is 2.73. The predicted molar refractivity (Wildman–Crippen MR) is 55.4 cm³/mol. The molecule has 0 saturated carbocycles. The standard InChI is InChI=1S/C8H7F3N2O4S/c9-8(10,11)5(14)3-12-7(15)4-1-2-6(18-4)13(16)17/h1-2,5,14H,3H2,(H,12,15). The van der Waals surface area contributed by atoms with Gasteiger partial charge < -0.3 is 10.4 Å². The van der Waals surface area contributed by atoms with Gasteiger partial charge in [-0.3, -0.25) is 14.9 Å². The van der Waals surface area contributed by atoms with Gasteiger partial charge in [0.1, 0.15) is 0 Å². The van der Waals surface area contributed by atoms with Crippen molar-refractivity contribution >= 4 is 22.2 Å².